The van der Waals surface area contributed by atoms with E-state index in [9.17, 15) is 0 Å². The summed E-state index contributed by atoms with van der Waals surface area (Å²) in [4.78, 5) is 4.35. The van der Waals surface area contributed by atoms with Gasteiger partial charge in [-0.1, -0.05) is 0 Å². The Hall–Kier alpha value is -0.730. The van der Waals surface area contributed by atoms with Crippen LogP contribution in [0, 0.1) is 0 Å². The zero-order valence-electron chi connectivity index (χ0n) is 6.77. The van der Waals surface area contributed by atoms with E-state index in [1.165, 1.54) is 25.7 Å². The minimum Gasteiger partial charge on any atom is -0.356 e. The van der Waals surface area contributed by atoms with Gasteiger partial charge in [-0.2, -0.15) is 0 Å². The van der Waals surface area contributed by atoms with Gasteiger partial charge in [-0.25, -0.2) is 0 Å². The van der Waals surface area contributed by atoms with Crippen LogP contribution in [-0.4, -0.2) is 25.1 Å². The van der Waals surface area contributed by atoms with Crippen LogP contribution in [0.15, 0.2) is 4.99 Å². The first kappa shape index (κ1) is 6.95. The average molecular weight is 153 g/mol. The number of hydrogen-bond acceptors (Lipinski definition) is 3. The summed E-state index contributed by atoms with van der Waals surface area (Å²) in [6.45, 7) is 2.07. The molecule has 0 bridgehead atoms. The van der Waals surface area contributed by atoms with Crippen molar-refractivity contribution < 1.29 is 0 Å². The molecule has 0 aromatic carbocycles. The lowest BCUT2D eigenvalue weighted by molar-refractivity contribution is 0.378. The lowest BCUT2D eigenvalue weighted by Crippen LogP contribution is -2.48. The molecule has 11 heavy (non-hydrogen) atoms. The van der Waals surface area contributed by atoms with Crippen LogP contribution in [0.3, 0.4) is 0 Å². The molecule has 2 rings (SSSR count). The fraction of sp³-hybridized carbons (Fsp3) is 0.875. The summed E-state index contributed by atoms with van der Waals surface area (Å²) < 4.78 is 0. The first-order valence-corrected chi connectivity index (χ1v) is 4.50. The van der Waals surface area contributed by atoms with Crippen molar-refractivity contribution in [3.8, 4) is 0 Å². The smallest absolute Gasteiger partial charge is 0.191 e. The van der Waals surface area contributed by atoms with Crippen molar-refractivity contribution in [2.45, 2.75) is 31.7 Å². The highest BCUT2D eigenvalue weighted by Crippen LogP contribution is 2.17. The molecule has 0 atom stereocenters. The molecule has 0 radical (unpaired) electrons. The van der Waals surface area contributed by atoms with Gasteiger partial charge in [-0.05, 0) is 25.7 Å². The lowest BCUT2D eigenvalue weighted by atomic mass is 9.93. The molecule has 1 saturated carbocycles. The fourth-order valence-corrected chi connectivity index (χ4v) is 1.38. The second kappa shape index (κ2) is 3.11. The number of rotatable bonds is 1. The minimum absolute atomic E-state index is 0.708. The monoisotopic (exact) mass is 153 g/mol. The molecule has 0 spiro atoms. The number of nitrogens with zero attached hydrogens (tertiary/aromatic N) is 1. The van der Waals surface area contributed by atoms with E-state index in [2.05, 4.69) is 15.6 Å². The molecule has 2 N–H and O–H groups in total. The summed E-state index contributed by atoms with van der Waals surface area (Å²) in [5.74, 6) is 1.03. The highest BCUT2D eigenvalue weighted by molar-refractivity contribution is 5.80. The predicted molar refractivity (Wildman–Crippen MR) is 45.7 cm³/mol. The Morgan fingerprint density at radius 1 is 1.36 bits per heavy atom. The van der Waals surface area contributed by atoms with Crippen LogP contribution in [0.5, 0.6) is 0 Å². The third kappa shape index (κ3) is 1.64. The first-order chi connectivity index (χ1) is 5.45. The van der Waals surface area contributed by atoms with Gasteiger partial charge in [0.1, 0.15) is 0 Å². The lowest BCUT2D eigenvalue weighted by Gasteiger charge is -2.29. The highest BCUT2D eigenvalue weighted by atomic mass is 15.2. The largest absolute Gasteiger partial charge is 0.356 e. The second-order valence-electron chi connectivity index (χ2n) is 3.28. The van der Waals surface area contributed by atoms with E-state index in [4.69, 9.17) is 0 Å². The summed E-state index contributed by atoms with van der Waals surface area (Å²) in [6.07, 6.45) is 5.20. The Kier molecular flexibility index (Phi) is 1.97. The topological polar surface area (TPSA) is 36.4 Å². The van der Waals surface area contributed by atoms with E-state index < -0.39 is 0 Å². The summed E-state index contributed by atoms with van der Waals surface area (Å²) in [6, 6.07) is 0.708. The summed E-state index contributed by atoms with van der Waals surface area (Å²) in [7, 11) is 0. The van der Waals surface area contributed by atoms with Gasteiger partial charge >= 0.3 is 0 Å². The van der Waals surface area contributed by atoms with Crippen molar-refractivity contribution in [1.29, 1.82) is 0 Å². The van der Waals surface area contributed by atoms with E-state index in [1.807, 2.05) is 0 Å². The number of nitrogens with one attached hydrogen (secondary N) is 2. The van der Waals surface area contributed by atoms with Gasteiger partial charge in [0.05, 0.1) is 0 Å². The van der Waals surface area contributed by atoms with Crippen LogP contribution < -0.4 is 10.6 Å². The molecular weight excluding hydrogens is 138 g/mol. The fourth-order valence-electron chi connectivity index (χ4n) is 1.38. The third-order valence-electron chi connectivity index (χ3n) is 2.34. The number of aliphatic imine (C=N–C) groups is 1. The molecule has 0 saturated heterocycles. The summed E-state index contributed by atoms with van der Waals surface area (Å²) in [5.41, 5.74) is 0. The molecule has 0 amide bonds. The minimum atomic E-state index is 0.708. The van der Waals surface area contributed by atoms with Crippen molar-refractivity contribution in [2.24, 2.45) is 4.99 Å². The van der Waals surface area contributed by atoms with Crippen LogP contribution in [0.1, 0.15) is 25.7 Å². The Morgan fingerprint density at radius 3 is 2.82 bits per heavy atom. The van der Waals surface area contributed by atoms with Crippen molar-refractivity contribution in [3.63, 3.8) is 0 Å². The molecule has 1 aliphatic carbocycles. The van der Waals surface area contributed by atoms with Gasteiger partial charge in [0.15, 0.2) is 5.96 Å². The van der Waals surface area contributed by atoms with Crippen molar-refractivity contribution in [1.82, 2.24) is 10.6 Å². The van der Waals surface area contributed by atoms with Crippen molar-refractivity contribution in [3.05, 3.63) is 0 Å². The zero-order chi connectivity index (χ0) is 7.52. The molecule has 0 aromatic heterocycles. The van der Waals surface area contributed by atoms with Gasteiger partial charge in [0, 0.05) is 19.1 Å². The highest BCUT2D eigenvalue weighted by Gasteiger charge is 2.18. The van der Waals surface area contributed by atoms with E-state index in [0.717, 1.165) is 19.0 Å². The van der Waals surface area contributed by atoms with E-state index in [0.29, 0.717) is 6.04 Å². The first-order valence-electron chi connectivity index (χ1n) is 4.50. The van der Waals surface area contributed by atoms with E-state index in [-0.39, 0.29) is 0 Å². The Labute approximate surface area is 67.3 Å². The van der Waals surface area contributed by atoms with E-state index in [1.54, 1.807) is 0 Å². The maximum absolute atomic E-state index is 4.35. The second-order valence-corrected chi connectivity index (χ2v) is 3.28. The maximum Gasteiger partial charge on any atom is 0.191 e. The SMILES string of the molecule is C1CN=C(NC2CCC2)NC1. The van der Waals surface area contributed by atoms with Gasteiger partial charge in [0.25, 0.3) is 0 Å². The van der Waals surface area contributed by atoms with Gasteiger partial charge in [0.2, 0.25) is 0 Å². The number of hydrogen-bond donors (Lipinski definition) is 2. The molecule has 2 aliphatic rings. The van der Waals surface area contributed by atoms with Gasteiger partial charge in [-0.3, -0.25) is 4.99 Å². The predicted octanol–water partition coefficient (Wildman–Crippen LogP) is 0.478. The molecular formula is C8H15N3. The number of guanidine groups is 1. The van der Waals surface area contributed by atoms with E-state index >= 15 is 0 Å². The summed E-state index contributed by atoms with van der Waals surface area (Å²) >= 11 is 0. The Balaban J connectivity index is 1.79. The Bertz CT molecular complexity index is 161. The standard InChI is InChI=1S/C8H15N3/c1-3-7(4-1)11-8-9-5-2-6-10-8/h7H,1-6H2,(H2,9,10,11). The van der Waals surface area contributed by atoms with Crippen LogP contribution in [0.4, 0.5) is 0 Å². The summed E-state index contributed by atoms with van der Waals surface area (Å²) in [5, 5.41) is 6.65. The normalized spacial score (nSPS) is 24.9. The molecule has 3 heteroatoms. The van der Waals surface area contributed by atoms with Crippen molar-refractivity contribution in [2.75, 3.05) is 13.1 Å². The Morgan fingerprint density at radius 2 is 2.27 bits per heavy atom. The molecule has 1 fully saturated rings. The average Bonchev–Trinajstić information content (AvgIpc) is 1.99. The van der Waals surface area contributed by atoms with Crippen LogP contribution in [0.25, 0.3) is 0 Å². The van der Waals surface area contributed by atoms with Crippen molar-refractivity contribution >= 4 is 5.96 Å². The molecule has 0 aromatic rings. The molecule has 0 unspecified atom stereocenters. The zero-order valence-corrected chi connectivity index (χ0v) is 6.77. The third-order valence-corrected chi connectivity index (χ3v) is 2.34. The van der Waals surface area contributed by atoms with Crippen LogP contribution in [0.2, 0.25) is 0 Å². The molecule has 1 aliphatic heterocycles. The molecule has 62 valence electrons. The van der Waals surface area contributed by atoms with Gasteiger partial charge in [-0.15, -0.1) is 0 Å². The van der Waals surface area contributed by atoms with Crippen LogP contribution >= 0.6 is 0 Å². The van der Waals surface area contributed by atoms with Gasteiger partial charge < -0.3 is 10.6 Å². The quantitative estimate of drug-likeness (QED) is 0.575. The molecule has 1 heterocycles. The van der Waals surface area contributed by atoms with Crippen LogP contribution in [-0.2, 0) is 0 Å². The maximum atomic E-state index is 4.35. The molecule has 3 nitrogen and oxygen atoms in total.